The molecule has 0 saturated carbocycles. The van der Waals surface area contributed by atoms with Crippen molar-refractivity contribution in [1.29, 1.82) is 5.26 Å². The third kappa shape index (κ3) is 6.01. The Labute approximate surface area is 236 Å². The van der Waals surface area contributed by atoms with E-state index in [1.807, 2.05) is 43.3 Å². The first-order chi connectivity index (χ1) is 19.5. The Hall–Kier alpha value is -4.58. The molecule has 0 aliphatic carbocycles. The minimum Gasteiger partial charge on any atom is -0.488 e. The lowest BCUT2D eigenvalue weighted by Gasteiger charge is -2.25. The highest BCUT2D eigenvalue weighted by Crippen LogP contribution is 2.37. The fourth-order valence-corrected chi connectivity index (χ4v) is 4.47. The molecule has 0 amide bonds. The number of hydrogen-bond acceptors (Lipinski definition) is 8. The van der Waals surface area contributed by atoms with E-state index in [2.05, 4.69) is 11.1 Å². The Bertz CT molecular complexity index is 1600. The van der Waals surface area contributed by atoms with Gasteiger partial charge >= 0.3 is 0 Å². The molecule has 4 aromatic rings. The average molecular weight is 557 g/mol. The number of hydrogen-bond donors (Lipinski definition) is 1. The van der Waals surface area contributed by atoms with Crippen molar-refractivity contribution in [2.24, 2.45) is 0 Å². The van der Waals surface area contributed by atoms with Gasteiger partial charge in [-0.05, 0) is 53.4 Å². The summed E-state index contributed by atoms with van der Waals surface area (Å²) < 4.78 is 23.4. The summed E-state index contributed by atoms with van der Waals surface area (Å²) in [5.74, 6) is 1.95. The van der Waals surface area contributed by atoms with Crippen LogP contribution < -0.4 is 18.9 Å². The molecular weight excluding hydrogens is 532 g/mol. The minimum atomic E-state index is -0.380. The Morgan fingerprint density at radius 1 is 1.05 bits per heavy atom. The zero-order chi connectivity index (χ0) is 28.1. The summed E-state index contributed by atoms with van der Waals surface area (Å²) in [5.41, 5.74) is 5.32. The zero-order valence-electron chi connectivity index (χ0n) is 21.6. The van der Waals surface area contributed by atoms with E-state index in [0.717, 1.165) is 22.3 Å². The molecule has 0 bridgehead atoms. The minimum absolute atomic E-state index is 0.110. The summed E-state index contributed by atoms with van der Waals surface area (Å²) >= 11 is 6.40. The lowest BCUT2D eigenvalue weighted by atomic mass is 9.99. The van der Waals surface area contributed by atoms with E-state index in [0.29, 0.717) is 47.0 Å². The third-order valence-electron chi connectivity index (χ3n) is 6.43. The largest absolute Gasteiger partial charge is 0.488 e. The molecule has 202 valence electrons. The molecule has 2 heterocycles. The van der Waals surface area contributed by atoms with Crippen molar-refractivity contribution < 1.29 is 28.8 Å². The maximum atomic E-state index is 11.6. The molecule has 3 aromatic carbocycles. The normalized spacial score (nSPS) is 13.8. The smallest absolute Gasteiger partial charge is 0.162 e. The molecule has 1 unspecified atom stereocenters. The van der Waals surface area contributed by atoms with Gasteiger partial charge in [0.15, 0.2) is 23.9 Å². The predicted octanol–water partition coefficient (Wildman–Crippen LogP) is 5.68. The number of carbonyl (C=O) groups excluding carboxylic acids is 1. The summed E-state index contributed by atoms with van der Waals surface area (Å²) in [6.07, 6.45) is 3.35. The number of ether oxygens (including phenoxy) is 4. The maximum absolute atomic E-state index is 11.6. The molecule has 1 aromatic heterocycles. The number of aromatic nitrogens is 1. The van der Waals surface area contributed by atoms with Crippen LogP contribution in [0, 0.1) is 18.3 Å². The molecule has 40 heavy (non-hydrogen) atoms. The van der Waals surface area contributed by atoms with Gasteiger partial charge in [0.2, 0.25) is 0 Å². The number of aryl methyl sites for hydroxylation is 1. The molecule has 1 aliphatic rings. The Kier molecular flexibility index (Phi) is 8.15. The van der Waals surface area contributed by atoms with Gasteiger partial charge in [-0.25, -0.2) is 0 Å². The highest BCUT2D eigenvalue weighted by Gasteiger charge is 2.21. The number of aliphatic hydroxyl groups is 1. The molecule has 1 aliphatic heterocycles. The molecule has 0 fully saturated rings. The van der Waals surface area contributed by atoms with Gasteiger partial charge in [-0.2, -0.15) is 5.26 Å². The number of aldehydes is 1. The fourth-order valence-electron chi connectivity index (χ4n) is 4.24. The molecule has 8 nitrogen and oxygen atoms in total. The van der Waals surface area contributed by atoms with Gasteiger partial charge in [0.1, 0.15) is 37.4 Å². The van der Waals surface area contributed by atoms with Crippen LogP contribution in [-0.2, 0) is 13.2 Å². The molecule has 1 N–H and O–H groups in total. The van der Waals surface area contributed by atoms with Crippen LogP contribution in [0.15, 0.2) is 67.0 Å². The number of pyridine rings is 1. The number of nitriles is 1. The number of aliphatic hydroxyl groups excluding tert-OH is 1. The van der Waals surface area contributed by atoms with Crippen LogP contribution in [-0.4, -0.2) is 35.7 Å². The molecule has 5 rings (SSSR count). The topological polar surface area (TPSA) is 111 Å². The Morgan fingerprint density at radius 2 is 1.85 bits per heavy atom. The van der Waals surface area contributed by atoms with Gasteiger partial charge in [0, 0.05) is 24.0 Å². The van der Waals surface area contributed by atoms with E-state index in [4.69, 9.17) is 35.8 Å². The molecular formula is C31H25ClN2O6. The second-order valence-corrected chi connectivity index (χ2v) is 9.65. The lowest BCUT2D eigenvalue weighted by Crippen LogP contribution is -2.32. The van der Waals surface area contributed by atoms with Crippen LogP contribution in [0.25, 0.3) is 11.1 Å². The zero-order valence-corrected chi connectivity index (χ0v) is 22.4. The van der Waals surface area contributed by atoms with E-state index < -0.39 is 0 Å². The maximum Gasteiger partial charge on any atom is 0.162 e. The van der Waals surface area contributed by atoms with Gasteiger partial charge in [-0.3, -0.25) is 9.78 Å². The molecule has 0 radical (unpaired) electrons. The molecule has 9 heteroatoms. The van der Waals surface area contributed by atoms with Crippen molar-refractivity contribution in [3.8, 4) is 40.2 Å². The Balaban J connectivity index is 1.29. The van der Waals surface area contributed by atoms with E-state index >= 15 is 0 Å². The molecule has 0 saturated heterocycles. The first-order valence-corrected chi connectivity index (χ1v) is 12.9. The molecule has 1 atom stereocenters. The number of rotatable bonds is 9. The van der Waals surface area contributed by atoms with E-state index in [9.17, 15) is 9.90 Å². The highest BCUT2D eigenvalue weighted by atomic mass is 35.5. The first kappa shape index (κ1) is 27.0. The monoisotopic (exact) mass is 556 g/mol. The summed E-state index contributed by atoms with van der Waals surface area (Å²) in [6, 6.07) is 18.6. The number of halogens is 1. The number of nitrogens with zero attached hydrogens (tertiary/aromatic N) is 2. The number of benzene rings is 3. The summed E-state index contributed by atoms with van der Waals surface area (Å²) in [5, 5.41) is 18.8. The Morgan fingerprint density at radius 3 is 2.62 bits per heavy atom. The third-order valence-corrected chi connectivity index (χ3v) is 6.73. The van der Waals surface area contributed by atoms with Crippen molar-refractivity contribution in [2.75, 3.05) is 13.2 Å². The fraction of sp³-hybridized carbons (Fsp3) is 0.194. The SMILES string of the molecule is Cc1cc(-c2ccc3c(c2)OC(CO)CO3)ccc1COc1cc(OCc2cncc(C#N)c2)c(C=O)cc1Cl. The standard InChI is InChI=1S/C31H25ClN2O6/c1-19-6-22(23-4-5-28-31(9-23)40-26(15-36)18-39-28)2-3-24(19)17-38-30-10-29(25(14-35)8-27(30)32)37-16-21-7-20(11-33)12-34-13-21/h2-10,12-14,26,36H,15-18H2,1H3. The van der Waals surface area contributed by atoms with Crippen LogP contribution in [0.3, 0.4) is 0 Å². The van der Waals surface area contributed by atoms with Crippen molar-refractivity contribution in [2.45, 2.75) is 26.2 Å². The van der Waals surface area contributed by atoms with Crippen molar-refractivity contribution in [3.05, 3.63) is 99.8 Å². The average Bonchev–Trinajstić information content (AvgIpc) is 2.99. The van der Waals surface area contributed by atoms with E-state index in [-0.39, 0.29) is 36.5 Å². The van der Waals surface area contributed by atoms with Crippen LogP contribution in [0.1, 0.15) is 32.6 Å². The van der Waals surface area contributed by atoms with Crippen LogP contribution in [0.5, 0.6) is 23.0 Å². The van der Waals surface area contributed by atoms with Gasteiger partial charge in [-0.15, -0.1) is 0 Å². The first-order valence-electron chi connectivity index (χ1n) is 12.5. The van der Waals surface area contributed by atoms with E-state index in [1.54, 1.807) is 18.3 Å². The quantitative estimate of drug-likeness (QED) is 0.262. The van der Waals surface area contributed by atoms with Gasteiger partial charge < -0.3 is 24.1 Å². The van der Waals surface area contributed by atoms with Crippen LogP contribution in [0.4, 0.5) is 0 Å². The number of fused-ring (bicyclic) bond motifs is 1. The molecule has 0 spiro atoms. The second kappa shape index (κ2) is 12.1. The lowest BCUT2D eigenvalue weighted by molar-refractivity contribution is 0.0457. The van der Waals surface area contributed by atoms with Crippen molar-refractivity contribution in [1.82, 2.24) is 4.98 Å². The highest BCUT2D eigenvalue weighted by molar-refractivity contribution is 6.32. The second-order valence-electron chi connectivity index (χ2n) is 9.25. The van der Waals surface area contributed by atoms with Crippen molar-refractivity contribution >= 4 is 17.9 Å². The van der Waals surface area contributed by atoms with Gasteiger partial charge in [0.05, 0.1) is 22.8 Å². The number of carbonyl (C=O) groups is 1. The van der Waals surface area contributed by atoms with Crippen LogP contribution in [0.2, 0.25) is 5.02 Å². The van der Waals surface area contributed by atoms with E-state index in [1.165, 1.54) is 12.3 Å². The summed E-state index contributed by atoms with van der Waals surface area (Å²) in [7, 11) is 0. The summed E-state index contributed by atoms with van der Waals surface area (Å²) in [6.45, 7) is 2.57. The van der Waals surface area contributed by atoms with Crippen molar-refractivity contribution in [3.63, 3.8) is 0 Å². The van der Waals surface area contributed by atoms with Gasteiger partial charge in [0.25, 0.3) is 0 Å². The predicted molar refractivity (Wildman–Crippen MR) is 148 cm³/mol. The van der Waals surface area contributed by atoms with Crippen LogP contribution >= 0.6 is 11.6 Å². The summed E-state index contributed by atoms with van der Waals surface area (Å²) in [4.78, 5) is 15.7. The van der Waals surface area contributed by atoms with Gasteiger partial charge in [-0.1, -0.05) is 35.9 Å².